The fourth-order valence-corrected chi connectivity index (χ4v) is 6.59. The standard InChI is InChI=1S/C31H35N5OS/c1-22(2)34-16-18-35(19-17-34)25-9-7-24(8-10-25)26-12-13-32-28-11-6-23(20-27(26)28)21-29-30(37)33-31(38-29)36-14-4-3-5-15-36/h6-13,20-22H,3-5,14-19H2,1-2H3. The van der Waals surface area contributed by atoms with E-state index in [-0.39, 0.29) is 5.91 Å². The molecule has 196 valence electrons. The van der Waals surface area contributed by atoms with Crippen LogP contribution in [0.2, 0.25) is 0 Å². The van der Waals surface area contributed by atoms with Crippen LogP contribution in [0.3, 0.4) is 0 Å². The zero-order valence-electron chi connectivity index (χ0n) is 22.3. The van der Waals surface area contributed by atoms with Gasteiger partial charge in [-0.1, -0.05) is 18.2 Å². The number of nitrogens with zero attached hydrogens (tertiary/aromatic N) is 5. The highest BCUT2D eigenvalue weighted by Gasteiger charge is 2.27. The average Bonchev–Trinajstić information content (AvgIpc) is 3.33. The van der Waals surface area contributed by atoms with Crippen LogP contribution in [0.25, 0.3) is 28.1 Å². The molecule has 2 fully saturated rings. The molecule has 0 saturated carbocycles. The molecule has 7 heteroatoms. The van der Waals surface area contributed by atoms with E-state index in [1.807, 2.05) is 24.4 Å². The third-order valence-corrected chi connectivity index (χ3v) is 8.93. The van der Waals surface area contributed by atoms with Gasteiger partial charge < -0.3 is 9.80 Å². The zero-order valence-corrected chi connectivity index (χ0v) is 23.1. The number of amidine groups is 1. The highest BCUT2D eigenvalue weighted by molar-refractivity contribution is 8.18. The molecule has 0 aliphatic carbocycles. The minimum Gasteiger partial charge on any atom is -0.369 e. The second-order valence-corrected chi connectivity index (χ2v) is 11.7. The fraction of sp³-hybridized carbons (Fsp3) is 0.387. The first-order valence-corrected chi connectivity index (χ1v) is 14.6. The Balaban J connectivity index is 1.22. The quantitative estimate of drug-likeness (QED) is 0.396. The van der Waals surface area contributed by atoms with Crippen molar-refractivity contribution in [1.82, 2.24) is 14.8 Å². The van der Waals surface area contributed by atoms with Crippen molar-refractivity contribution in [1.29, 1.82) is 0 Å². The lowest BCUT2D eigenvalue weighted by atomic mass is 9.99. The Morgan fingerprint density at radius 3 is 2.37 bits per heavy atom. The van der Waals surface area contributed by atoms with Gasteiger partial charge in [-0.25, -0.2) is 0 Å². The van der Waals surface area contributed by atoms with Crippen molar-refractivity contribution in [2.75, 3.05) is 44.2 Å². The van der Waals surface area contributed by atoms with Crippen LogP contribution in [0.15, 0.2) is 64.6 Å². The third-order valence-electron chi connectivity index (χ3n) is 7.89. The molecule has 1 aromatic heterocycles. The minimum atomic E-state index is -0.133. The monoisotopic (exact) mass is 525 g/mol. The van der Waals surface area contributed by atoms with E-state index in [2.05, 4.69) is 74.9 Å². The van der Waals surface area contributed by atoms with E-state index in [0.29, 0.717) is 10.9 Å². The predicted octanol–water partition coefficient (Wildman–Crippen LogP) is 5.89. The number of rotatable bonds is 4. The average molecular weight is 526 g/mol. The van der Waals surface area contributed by atoms with E-state index < -0.39 is 0 Å². The molecule has 2 aromatic carbocycles. The van der Waals surface area contributed by atoms with Gasteiger partial charge in [0.1, 0.15) is 0 Å². The molecule has 6 rings (SSSR count). The zero-order chi connectivity index (χ0) is 26.1. The first-order valence-electron chi connectivity index (χ1n) is 13.8. The number of aliphatic imine (C=N–C) groups is 1. The normalized spacial score (nSPS) is 20.1. The summed E-state index contributed by atoms with van der Waals surface area (Å²) in [4.78, 5) is 29.6. The summed E-state index contributed by atoms with van der Waals surface area (Å²) in [5.74, 6) is -0.133. The van der Waals surface area contributed by atoms with Crippen molar-refractivity contribution in [3.05, 3.63) is 65.2 Å². The van der Waals surface area contributed by atoms with E-state index in [0.717, 1.165) is 66.5 Å². The molecule has 1 amide bonds. The summed E-state index contributed by atoms with van der Waals surface area (Å²) in [7, 11) is 0. The number of benzene rings is 2. The van der Waals surface area contributed by atoms with Crippen molar-refractivity contribution in [3.8, 4) is 11.1 Å². The maximum Gasteiger partial charge on any atom is 0.286 e. The Kier molecular flexibility index (Phi) is 7.22. The van der Waals surface area contributed by atoms with Crippen LogP contribution in [0.5, 0.6) is 0 Å². The van der Waals surface area contributed by atoms with E-state index in [4.69, 9.17) is 0 Å². The molecule has 3 aliphatic heterocycles. The van der Waals surface area contributed by atoms with E-state index in [1.165, 1.54) is 42.3 Å². The molecular formula is C31H35N5OS. The maximum atomic E-state index is 12.7. The van der Waals surface area contributed by atoms with Gasteiger partial charge in [-0.15, -0.1) is 0 Å². The Morgan fingerprint density at radius 1 is 0.868 bits per heavy atom. The molecule has 38 heavy (non-hydrogen) atoms. The number of pyridine rings is 1. The van der Waals surface area contributed by atoms with E-state index in [9.17, 15) is 4.79 Å². The van der Waals surface area contributed by atoms with Gasteiger partial charge in [0.2, 0.25) is 0 Å². The number of fused-ring (bicyclic) bond motifs is 1. The summed E-state index contributed by atoms with van der Waals surface area (Å²) in [5, 5.41) is 1.95. The van der Waals surface area contributed by atoms with Crippen molar-refractivity contribution >= 4 is 45.5 Å². The first kappa shape index (κ1) is 25.1. The number of carbonyl (C=O) groups excluding carboxylic acids is 1. The van der Waals surface area contributed by atoms with E-state index >= 15 is 0 Å². The third kappa shape index (κ3) is 5.22. The number of hydrogen-bond acceptors (Lipinski definition) is 6. The Labute approximate surface area is 229 Å². The summed E-state index contributed by atoms with van der Waals surface area (Å²) >= 11 is 1.51. The lowest BCUT2D eigenvalue weighted by Gasteiger charge is -2.38. The number of likely N-dealkylation sites (tertiary alicyclic amines) is 1. The van der Waals surface area contributed by atoms with E-state index in [1.54, 1.807) is 0 Å². The fourth-order valence-electron chi connectivity index (χ4n) is 5.62. The second-order valence-electron chi connectivity index (χ2n) is 10.7. The molecule has 0 radical (unpaired) electrons. The summed E-state index contributed by atoms with van der Waals surface area (Å²) in [6.45, 7) is 10.9. The number of carbonyl (C=O) groups is 1. The summed E-state index contributed by atoms with van der Waals surface area (Å²) in [6, 6.07) is 17.9. The van der Waals surface area contributed by atoms with Crippen LogP contribution in [-0.2, 0) is 4.79 Å². The highest BCUT2D eigenvalue weighted by atomic mass is 32.2. The second kappa shape index (κ2) is 10.9. The molecule has 3 aliphatic rings. The van der Waals surface area contributed by atoms with Crippen LogP contribution >= 0.6 is 11.8 Å². The molecule has 0 N–H and O–H groups in total. The number of amides is 1. The number of hydrogen-bond donors (Lipinski definition) is 0. The number of anilines is 1. The van der Waals surface area contributed by atoms with Gasteiger partial charge in [0, 0.05) is 62.6 Å². The van der Waals surface area contributed by atoms with Crippen LogP contribution < -0.4 is 4.90 Å². The largest absolute Gasteiger partial charge is 0.369 e. The van der Waals surface area contributed by atoms with Crippen LogP contribution in [-0.4, -0.2) is 71.2 Å². The molecule has 4 heterocycles. The van der Waals surface area contributed by atoms with Crippen molar-refractivity contribution in [2.45, 2.75) is 39.2 Å². The van der Waals surface area contributed by atoms with Crippen molar-refractivity contribution in [3.63, 3.8) is 0 Å². The lowest BCUT2D eigenvalue weighted by Crippen LogP contribution is -2.48. The summed E-state index contributed by atoms with van der Waals surface area (Å²) in [5.41, 5.74) is 5.56. The number of thioether (sulfide) groups is 1. The van der Waals surface area contributed by atoms with Crippen LogP contribution in [0, 0.1) is 0 Å². The lowest BCUT2D eigenvalue weighted by molar-refractivity contribution is -0.113. The van der Waals surface area contributed by atoms with Crippen molar-refractivity contribution in [2.24, 2.45) is 4.99 Å². The van der Waals surface area contributed by atoms with Gasteiger partial charge in [-0.3, -0.25) is 14.7 Å². The topological polar surface area (TPSA) is 52.0 Å². The SMILES string of the molecule is CC(C)N1CCN(c2ccc(-c3ccnc4ccc(C=C5SC(N6CCCCC6)=NC5=O)cc34)cc2)CC1. The van der Waals surface area contributed by atoms with Gasteiger partial charge >= 0.3 is 0 Å². The summed E-state index contributed by atoms with van der Waals surface area (Å²) < 4.78 is 0. The molecular weight excluding hydrogens is 490 g/mol. The number of piperidine rings is 1. The molecule has 0 spiro atoms. The minimum absolute atomic E-state index is 0.133. The molecule has 3 aromatic rings. The Morgan fingerprint density at radius 2 is 1.63 bits per heavy atom. The maximum absolute atomic E-state index is 12.7. The molecule has 6 nitrogen and oxygen atoms in total. The number of piperazine rings is 1. The van der Waals surface area contributed by atoms with Gasteiger partial charge in [0.15, 0.2) is 5.17 Å². The molecule has 0 atom stereocenters. The van der Waals surface area contributed by atoms with Crippen molar-refractivity contribution < 1.29 is 4.79 Å². The predicted molar refractivity (Wildman–Crippen MR) is 160 cm³/mol. The summed E-state index contributed by atoms with van der Waals surface area (Å²) in [6.07, 6.45) is 7.45. The molecule has 2 saturated heterocycles. The van der Waals surface area contributed by atoms with Crippen LogP contribution in [0.4, 0.5) is 5.69 Å². The van der Waals surface area contributed by atoms with Gasteiger partial charge in [-0.2, -0.15) is 4.99 Å². The highest BCUT2D eigenvalue weighted by Crippen LogP contribution is 2.34. The number of aromatic nitrogens is 1. The Hall–Kier alpha value is -3.16. The first-order chi connectivity index (χ1) is 18.5. The van der Waals surface area contributed by atoms with Gasteiger partial charge in [-0.05, 0) is 98.0 Å². The van der Waals surface area contributed by atoms with Gasteiger partial charge in [0.05, 0.1) is 10.4 Å². The Bertz CT molecular complexity index is 1380. The smallest absolute Gasteiger partial charge is 0.286 e. The van der Waals surface area contributed by atoms with Gasteiger partial charge in [0.25, 0.3) is 5.91 Å². The van der Waals surface area contributed by atoms with Crippen LogP contribution in [0.1, 0.15) is 38.7 Å². The molecule has 0 bridgehead atoms. The molecule has 0 unspecified atom stereocenters.